The van der Waals surface area contributed by atoms with Crippen LogP contribution in [0, 0.1) is 0 Å². The average Bonchev–Trinajstić information content (AvgIpc) is 2.65. The summed E-state index contributed by atoms with van der Waals surface area (Å²) in [6, 6.07) is 4.14. The number of nitrogens with zero attached hydrogens (tertiary/aromatic N) is 1. The second-order valence-electron chi connectivity index (χ2n) is 3.58. The van der Waals surface area contributed by atoms with Gasteiger partial charge in [-0.15, -0.1) is 0 Å². The van der Waals surface area contributed by atoms with Crippen molar-refractivity contribution in [3.63, 3.8) is 0 Å². The molecule has 0 spiro atoms. The van der Waals surface area contributed by atoms with Gasteiger partial charge in [0, 0.05) is 45.2 Å². The molecule has 1 rings (SSSR count). The first-order valence-electron chi connectivity index (χ1n) is 5.82. The summed E-state index contributed by atoms with van der Waals surface area (Å²) in [6.07, 6.45) is 1.90. The highest BCUT2D eigenvalue weighted by molar-refractivity contribution is 5.05. The minimum atomic E-state index is -0.143. The van der Waals surface area contributed by atoms with E-state index in [1.54, 1.807) is 0 Å². The van der Waals surface area contributed by atoms with Crippen molar-refractivity contribution >= 4 is 0 Å². The molecule has 0 amide bonds. The average molecular weight is 226 g/mol. The normalized spacial score (nSPS) is 11.2. The van der Waals surface area contributed by atoms with Gasteiger partial charge in [0.15, 0.2) is 6.29 Å². The van der Waals surface area contributed by atoms with E-state index in [0.29, 0.717) is 19.8 Å². The molecule has 0 aliphatic carbocycles. The summed E-state index contributed by atoms with van der Waals surface area (Å²) in [7, 11) is 2.04. The molecule has 0 aromatic carbocycles. The number of ether oxygens (including phenoxy) is 2. The molecule has 4 heteroatoms. The van der Waals surface area contributed by atoms with E-state index in [9.17, 15) is 0 Å². The van der Waals surface area contributed by atoms with Crippen molar-refractivity contribution in [2.75, 3.05) is 19.8 Å². The molecule has 0 fully saturated rings. The molecule has 0 atom stereocenters. The van der Waals surface area contributed by atoms with Crippen LogP contribution in [0.4, 0.5) is 0 Å². The highest BCUT2D eigenvalue weighted by Crippen LogP contribution is 1.99. The molecule has 0 bridgehead atoms. The molecule has 1 heterocycles. The van der Waals surface area contributed by atoms with E-state index in [-0.39, 0.29) is 6.29 Å². The molecule has 16 heavy (non-hydrogen) atoms. The van der Waals surface area contributed by atoms with Gasteiger partial charge in [-0.05, 0) is 26.0 Å². The number of aromatic nitrogens is 1. The van der Waals surface area contributed by atoms with Gasteiger partial charge in [-0.1, -0.05) is 0 Å². The third-order valence-electron chi connectivity index (χ3n) is 2.37. The van der Waals surface area contributed by atoms with E-state index < -0.39 is 0 Å². The first-order valence-corrected chi connectivity index (χ1v) is 5.82. The lowest BCUT2D eigenvalue weighted by Crippen LogP contribution is -2.31. The zero-order chi connectivity index (χ0) is 11.8. The van der Waals surface area contributed by atoms with Crippen molar-refractivity contribution < 1.29 is 9.47 Å². The lowest BCUT2D eigenvalue weighted by molar-refractivity contribution is -0.133. The number of nitrogens with one attached hydrogen (secondary N) is 1. The van der Waals surface area contributed by atoms with Crippen LogP contribution in [0.5, 0.6) is 0 Å². The second kappa shape index (κ2) is 7.44. The van der Waals surface area contributed by atoms with Gasteiger partial charge in [0.2, 0.25) is 0 Å². The molecular weight excluding hydrogens is 204 g/mol. The molecular formula is C12H22N2O2. The molecule has 1 N–H and O–H groups in total. The Labute approximate surface area is 97.5 Å². The number of hydrogen-bond donors (Lipinski definition) is 1. The Morgan fingerprint density at radius 3 is 2.50 bits per heavy atom. The summed E-state index contributed by atoms with van der Waals surface area (Å²) < 4.78 is 13.0. The molecule has 0 unspecified atom stereocenters. The van der Waals surface area contributed by atoms with Gasteiger partial charge in [-0.25, -0.2) is 0 Å². The largest absolute Gasteiger partial charge is 0.353 e. The lowest BCUT2D eigenvalue weighted by atomic mass is 10.4. The van der Waals surface area contributed by atoms with E-state index in [0.717, 1.165) is 6.54 Å². The summed E-state index contributed by atoms with van der Waals surface area (Å²) >= 11 is 0. The monoisotopic (exact) mass is 226 g/mol. The molecule has 0 saturated heterocycles. The molecule has 0 radical (unpaired) electrons. The summed E-state index contributed by atoms with van der Waals surface area (Å²) in [5.74, 6) is 0. The first kappa shape index (κ1) is 13.2. The van der Waals surface area contributed by atoms with E-state index in [1.165, 1.54) is 5.69 Å². The number of hydrogen-bond acceptors (Lipinski definition) is 3. The van der Waals surface area contributed by atoms with Gasteiger partial charge in [0.05, 0.1) is 0 Å². The van der Waals surface area contributed by atoms with E-state index in [2.05, 4.69) is 16.0 Å². The molecule has 1 aromatic rings. The van der Waals surface area contributed by atoms with Gasteiger partial charge >= 0.3 is 0 Å². The Kier molecular flexibility index (Phi) is 6.15. The highest BCUT2D eigenvalue weighted by Gasteiger charge is 2.07. The topological polar surface area (TPSA) is 35.4 Å². The van der Waals surface area contributed by atoms with Crippen molar-refractivity contribution in [3.8, 4) is 0 Å². The zero-order valence-corrected chi connectivity index (χ0v) is 10.4. The smallest absolute Gasteiger partial charge is 0.169 e. The van der Waals surface area contributed by atoms with Crippen molar-refractivity contribution in [3.05, 3.63) is 24.0 Å². The quantitative estimate of drug-likeness (QED) is 0.683. The molecule has 0 aliphatic heterocycles. The zero-order valence-electron chi connectivity index (χ0n) is 10.4. The van der Waals surface area contributed by atoms with Crippen LogP contribution >= 0.6 is 0 Å². The van der Waals surface area contributed by atoms with Gasteiger partial charge in [-0.3, -0.25) is 0 Å². The fourth-order valence-electron chi connectivity index (χ4n) is 1.54. The molecule has 4 nitrogen and oxygen atoms in total. The minimum absolute atomic E-state index is 0.143. The van der Waals surface area contributed by atoms with Crippen LogP contribution in [-0.4, -0.2) is 30.6 Å². The van der Waals surface area contributed by atoms with Crippen LogP contribution in [-0.2, 0) is 23.1 Å². The third-order valence-corrected chi connectivity index (χ3v) is 2.37. The standard InChI is InChI=1S/C12H22N2O2/c1-4-15-12(16-5-2)10-13-9-11-7-6-8-14(11)3/h6-8,12-13H,4-5,9-10H2,1-3H3. The van der Waals surface area contributed by atoms with E-state index >= 15 is 0 Å². The van der Waals surface area contributed by atoms with E-state index in [1.807, 2.05) is 33.2 Å². The van der Waals surface area contributed by atoms with Gasteiger partial charge in [-0.2, -0.15) is 0 Å². The molecule has 0 saturated carbocycles. The van der Waals surface area contributed by atoms with Gasteiger partial charge in [0.1, 0.15) is 0 Å². The summed E-state index contributed by atoms with van der Waals surface area (Å²) in [4.78, 5) is 0. The predicted molar refractivity (Wildman–Crippen MR) is 64.2 cm³/mol. The maximum atomic E-state index is 5.44. The third kappa shape index (κ3) is 4.35. The Morgan fingerprint density at radius 1 is 1.31 bits per heavy atom. The minimum Gasteiger partial charge on any atom is -0.353 e. The van der Waals surface area contributed by atoms with Crippen LogP contribution in [0.1, 0.15) is 19.5 Å². The van der Waals surface area contributed by atoms with Gasteiger partial charge in [0.25, 0.3) is 0 Å². The molecule has 92 valence electrons. The van der Waals surface area contributed by atoms with Crippen LogP contribution in [0.2, 0.25) is 0 Å². The Hall–Kier alpha value is -0.840. The highest BCUT2D eigenvalue weighted by atomic mass is 16.7. The lowest BCUT2D eigenvalue weighted by Gasteiger charge is -2.17. The van der Waals surface area contributed by atoms with Crippen molar-refractivity contribution in [2.24, 2.45) is 7.05 Å². The SMILES string of the molecule is CCOC(CNCc1cccn1C)OCC. The van der Waals surface area contributed by atoms with Crippen LogP contribution in [0.15, 0.2) is 18.3 Å². The van der Waals surface area contributed by atoms with E-state index in [4.69, 9.17) is 9.47 Å². The summed E-state index contributed by atoms with van der Waals surface area (Å²) in [5.41, 5.74) is 1.26. The Balaban J connectivity index is 2.24. The fourth-order valence-corrected chi connectivity index (χ4v) is 1.54. The number of rotatable bonds is 8. The van der Waals surface area contributed by atoms with Crippen LogP contribution in [0.3, 0.4) is 0 Å². The fraction of sp³-hybridized carbons (Fsp3) is 0.667. The maximum absolute atomic E-state index is 5.44. The first-order chi connectivity index (χ1) is 7.77. The Morgan fingerprint density at radius 2 is 2.00 bits per heavy atom. The summed E-state index contributed by atoms with van der Waals surface area (Å²) in [5, 5.41) is 3.33. The van der Waals surface area contributed by atoms with Crippen LogP contribution < -0.4 is 5.32 Å². The van der Waals surface area contributed by atoms with Crippen molar-refractivity contribution in [2.45, 2.75) is 26.7 Å². The Bertz CT molecular complexity index is 280. The van der Waals surface area contributed by atoms with Gasteiger partial charge < -0.3 is 19.4 Å². The predicted octanol–water partition coefficient (Wildman–Crippen LogP) is 1.51. The molecule has 1 aromatic heterocycles. The maximum Gasteiger partial charge on any atom is 0.169 e. The van der Waals surface area contributed by atoms with Crippen LogP contribution in [0.25, 0.3) is 0 Å². The summed E-state index contributed by atoms with van der Waals surface area (Å²) in [6.45, 7) is 6.85. The second-order valence-corrected chi connectivity index (χ2v) is 3.58. The number of aryl methyl sites for hydroxylation is 1. The van der Waals surface area contributed by atoms with Crippen molar-refractivity contribution in [1.29, 1.82) is 0 Å². The molecule has 0 aliphatic rings. The van der Waals surface area contributed by atoms with Crippen molar-refractivity contribution in [1.82, 2.24) is 9.88 Å².